The summed E-state index contributed by atoms with van der Waals surface area (Å²) < 4.78 is 41.0. The number of halogens is 1. The van der Waals surface area contributed by atoms with Crippen molar-refractivity contribution in [1.82, 2.24) is 14.9 Å². The summed E-state index contributed by atoms with van der Waals surface area (Å²) in [5.41, 5.74) is 1.38. The van der Waals surface area contributed by atoms with Gasteiger partial charge in [0.2, 0.25) is 10.0 Å². The van der Waals surface area contributed by atoms with Crippen molar-refractivity contribution in [2.45, 2.75) is 37.2 Å². The van der Waals surface area contributed by atoms with E-state index in [1.165, 1.54) is 6.07 Å². The van der Waals surface area contributed by atoms with Gasteiger partial charge >= 0.3 is 0 Å². The molecule has 0 unspecified atom stereocenters. The van der Waals surface area contributed by atoms with Crippen LogP contribution in [0.25, 0.3) is 0 Å². The molecule has 0 bridgehead atoms. The molecule has 29 heavy (non-hydrogen) atoms. The Morgan fingerprint density at radius 1 is 1.03 bits per heavy atom. The Labute approximate surface area is 171 Å². The van der Waals surface area contributed by atoms with Crippen molar-refractivity contribution < 1.29 is 12.8 Å². The third-order valence-corrected chi connectivity index (χ3v) is 6.83. The van der Waals surface area contributed by atoms with E-state index in [-0.39, 0.29) is 5.82 Å². The van der Waals surface area contributed by atoms with Gasteiger partial charge in [-0.15, -0.1) is 0 Å². The predicted octanol–water partition coefficient (Wildman–Crippen LogP) is 2.87. The predicted molar refractivity (Wildman–Crippen MR) is 112 cm³/mol. The molecule has 2 aromatic carbocycles. The lowest BCUT2D eigenvalue weighted by Crippen LogP contribution is -2.37. The smallest absolute Gasteiger partial charge is 0.243 e. The number of guanidine groups is 1. The lowest BCUT2D eigenvalue weighted by atomic mass is 10.2. The zero-order valence-electron chi connectivity index (χ0n) is 16.6. The topological polar surface area (TPSA) is 73.8 Å². The standard InChI is InChI=1S/C21H27FN4O2S/c1-23-21(25-16-18-9-3-4-11-20(18)22)24-15-17-8-7-10-19(14-17)29(27,28)26-12-5-2-6-13-26/h3-4,7-11,14H,2,5-6,12-13,15-16H2,1H3,(H2,23,24,25). The van der Waals surface area contributed by atoms with Gasteiger partial charge in [-0.1, -0.05) is 36.8 Å². The summed E-state index contributed by atoms with van der Waals surface area (Å²) in [4.78, 5) is 4.45. The van der Waals surface area contributed by atoms with Crippen LogP contribution in [0.15, 0.2) is 58.4 Å². The summed E-state index contributed by atoms with van der Waals surface area (Å²) >= 11 is 0. The van der Waals surface area contributed by atoms with Crippen molar-refractivity contribution in [1.29, 1.82) is 0 Å². The zero-order chi connectivity index (χ0) is 20.7. The number of hydrogen-bond donors (Lipinski definition) is 2. The maximum Gasteiger partial charge on any atom is 0.243 e. The Balaban J connectivity index is 1.61. The fraction of sp³-hybridized carbons (Fsp3) is 0.381. The van der Waals surface area contributed by atoms with Gasteiger partial charge in [0.25, 0.3) is 0 Å². The highest BCUT2D eigenvalue weighted by Gasteiger charge is 2.25. The van der Waals surface area contributed by atoms with Crippen LogP contribution in [0.4, 0.5) is 4.39 Å². The summed E-state index contributed by atoms with van der Waals surface area (Å²) in [6.45, 7) is 1.87. The number of benzene rings is 2. The van der Waals surface area contributed by atoms with E-state index in [1.54, 1.807) is 47.8 Å². The van der Waals surface area contributed by atoms with Crippen molar-refractivity contribution in [3.8, 4) is 0 Å². The Morgan fingerprint density at radius 3 is 2.48 bits per heavy atom. The van der Waals surface area contributed by atoms with E-state index in [2.05, 4.69) is 15.6 Å². The van der Waals surface area contributed by atoms with Crippen molar-refractivity contribution in [3.05, 3.63) is 65.5 Å². The number of aliphatic imine (C=N–C) groups is 1. The normalized spacial score (nSPS) is 15.9. The number of hydrogen-bond acceptors (Lipinski definition) is 3. The minimum absolute atomic E-state index is 0.272. The molecule has 1 fully saturated rings. The molecule has 0 amide bonds. The number of nitrogens with zero attached hydrogens (tertiary/aromatic N) is 2. The average molecular weight is 419 g/mol. The number of nitrogens with one attached hydrogen (secondary N) is 2. The molecule has 1 aliphatic rings. The third kappa shape index (κ3) is 5.55. The molecule has 2 N–H and O–H groups in total. The second-order valence-electron chi connectivity index (χ2n) is 6.98. The first-order valence-electron chi connectivity index (χ1n) is 9.78. The summed E-state index contributed by atoms with van der Waals surface area (Å²) in [5, 5.41) is 6.21. The number of rotatable bonds is 6. The van der Waals surface area contributed by atoms with Crippen molar-refractivity contribution in [2.75, 3.05) is 20.1 Å². The summed E-state index contributed by atoms with van der Waals surface area (Å²) in [5.74, 6) is 0.239. The van der Waals surface area contributed by atoms with Gasteiger partial charge in [0.1, 0.15) is 5.82 Å². The number of piperidine rings is 1. The van der Waals surface area contributed by atoms with Crippen LogP contribution in [0, 0.1) is 5.82 Å². The molecule has 0 saturated carbocycles. The first-order valence-corrected chi connectivity index (χ1v) is 11.2. The Hall–Kier alpha value is -2.45. The Kier molecular flexibility index (Phi) is 7.22. The van der Waals surface area contributed by atoms with Crippen LogP contribution < -0.4 is 10.6 Å². The first-order chi connectivity index (χ1) is 14.0. The molecule has 0 spiro atoms. The van der Waals surface area contributed by atoms with Crippen LogP contribution >= 0.6 is 0 Å². The Bertz CT molecular complexity index is 957. The van der Waals surface area contributed by atoms with Crippen LogP contribution in [-0.2, 0) is 23.1 Å². The van der Waals surface area contributed by atoms with E-state index >= 15 is 0 Å². The molecule has 1 aliphatic heterocycles. The summed E-state index contributed by atoms with van der Waals surface area (Å²) in [7, 11) is -1.83. The second kappa shape index (κ2) is 9.84. The maximum atomic E-state index is 13.7. The number of sulfonamides is 1. The molecule has 8 heteroatoms. The molecule has 0 aliphatic carbocycles. The highest BCUT2D eigenvalue weighted by Crippen LogP contribution is 2.21. The minimum Gasteiger partial charge on any atom is -0.352 e. The fourth-order valence-corrected chi connectivity index (χ4v) is 4.89. The third-order valence-electron chi connectivity index (χ3n) is 4.94. The molecule has 3 rings (SSSR count). The summed E-state index contributed by atoms with van der Waals surface area (Å²) in [6, 6.07) is 13.5. The van der Waals surface area contributed by atoms with E-state index < -0.39 is 10.0 Å². The van der Waals surface area contributed by atoms with Gasteiger partial charge in [0.05, 0.1) is 4.90 Å². The zero-order valence-corrected chi connectivity index (χ0v) is 17.4. The van der Waals surface area contributed by atoms with Gasteiger partial charge in [-0.3, -0.25) is 4.99 Å². The highest BCUT2D eigenvalue weighted by atomic mass is 32.2. The maximum absolute atomic E-state index is 13.7. The summed E-state index contributed by atoms with van der Waals surface area (Å²) in [6.07, 6.45) is 2.89. The second-order valence-corrected chi connectivity index (χ2v) is 8.92. The van der Waals surface area contributed by atoms with E-state index in [0.29, 0.717) is 42.6 Å². The van der Waals surface area contributed by atoms with Crippen LogP contribution in [0.3, 0.4) is 0 Å². The largest absolute Gasteiger partial charge is 0.352 e. The van der Waals surface area contributed by atoms with Crippen molar-refractivity contribution in [2.24, 2.45) is 4.99 Å². The van der Waals surface area contributed by atoms with Gasteiger partial charge in [0, 0.05) is 38.8 Å². The van der Waals surface area contributed by atoms with Gasteiger partial charge in [-0.05, 0) is 36.6 Å². The Morgan fingerprint density at radius 2 is 1.76 bits per heavy atom. The van der Waals surface area contributed by atoms with E-state index in [4.69, 9.17) is 0 Å². The molecule has 1 heterocycles. The quantitative estimate of drug-likeness (QED) is 0.559. The SMILES string of the molecule is CN=C(NCc1cccc(S(=O)(=O)N2CCCCC2)c1)NCc1ccccc1F. The van der Waals surface area contributed by atoms with Crippen molar-refractivity contribution in [3.63, 3.8) is 0 Å². The van der Waals surface area contributed by atoms with Gasteiger partial charge in [0.15, 0.2) is 5.96 Å². The van der Waals surface area contributed by atoms with E-state index in [9.17, 15) is 12.8 Å². The first kappa shape index (κ1) is 21.3. The molecule has 0 aromatic heterocycles. The average Bonchev–Trinajstić information content (AvgIpc) is 2.76. The lowest BCUT2D eigenvalue weighted by Gasteiger charge is -2.26. The molecule has 0 atom stereocenters. The molecule has 0 radical (unpaired) electrons. The van der Waals surface area contributed by atoms with Gasteiger partial charge < -0.3 is 10.6 Å². The van der Waals surface area contributed by atoms with Crippen LogP contribution in [0.2, 0.25) is 0 Å². The van der Waals surface area contributed by atoms with E-state index in [0.717, 1.165) is 24.8 Å². The molecule has 156 valence electrons. The van der Waals surface area contributed by atoms with Crippen LogP contribution in [-0.4, -0.2) is 38.8 Å². The fourth-order valence-electron chi connectivity index (χ4n) is 3.30. The van der Waals surface area contributed by atoms with E-state index in [1.807, 2.05) is 6.07 Å². The van der Waals surface area contributed by atoms with Gasteiger partial charge in [-0.25, -0.2) is 12.8 Å². The molecule has 2 aromatic rings. The molecular formula is C21H27FN4O2S. The highest BCUT2D eigenvalue weighted by molar-refractivity contribution is 7.89. The van der Waals surface area contributed by atoms with Crippen LogP contribution in [0.1, 0.15) is 30.4 Å². The van der Waals surface area contributed by atoms with Crippen molar-refractivity contribution >= 4 is 16.0 Å². The molecule has 1 saturated heterocycles. The molecular weight excluding hydrogens is 391 g/mol. The monoisotopic (exact) mass is 418 g/mol. The van der Waals surface area contributed by atoms with Gasteiger partial charge in [-0.2, -0.15) is 4.31 Å². The minimum atomic E-state index is -3.46. The van der Waals surface area contributed by atoms with Crippen LogP contribution in [0.5, 0.6) is 0 Å². The molecule has 6 nitrogen and oxygen atoms in total. The lowest BCUT2D eigenvalue weighted by molar-refractivity contribution is 0.346.